The summed E-state index contributed by atoms with van der Waals surface area (Å²) in [6.07, 6.45) is 0.336. The molecule has 1 heterocycles. The van der Waals surface area contributed by atoms with E-state index in [4.69, 9.17) is 0 Å². The zero-order valence-electron chi connectivity index (χ0n) is 12.3. The summed E-state index contributed by atoms with van der Waals surface area (Å²) < 4.78 is 38.5. The smallest absolute Gasteiger partial charge is 0.367 e. The van der Waals surface area contributed by atoms with Crippen molar-refractivity contribution in [2.24, 2.45) is 0 Å². The van der Waals surface area contributed by atoms with Gasteiger partial charge in [0.15, 0.2) is 0 Å². The van der Waals surface area contributed by atoms with Gasteiger partial charge in [0.05, 0.1) is 17.8 Å². The maximum atomic E-state index is 12.8. The first-order valence-electron chi connectivity index (χ1n) is 6.71. The normalized spacial score (nSPS) is 13.2. The molecule has 0 aliphatic carbocycles. The van der Waals surface area contributed by atoms with Crippen molar-refractivity contribution in [3.05, 3.63) is 54.0 Å². The number of benzene rings is 1. The Balaban J connectivity index is 2.18. The van der Waals surface area contributed by atoms with Crippen molar-refractivity contribution in [1.29, 1.82) is 0 Å². The summed E-state index contributed by atoms with van der Waals surface area (Å²) in [5.74, 6) is 0.585. The zero-order valence-corrected chi connectivity index (χ0v) is 12.3. The molecule has 1 N–H and O–H groups in total. The molecule has 2 aromatic rings. The van der Waals surface area contributed by atoms with Crippen LogP contribution in [-0.4, -0.2) is 35.5 Å². The topological polar surface area (TPSA) is 41.0 Å². The van der Waals surface area contributed by atoms with E-state index in [2.05, 4.69) is 15.3 Å². The minimum absolute atomic E-state index is 0.218. The third-order valence-corrected chi connectivity index (χ3v) is 3.26. The van der Waals surface area contributed by atoms with Gasteiger partial charge < -0.3 is 10.2 Å². The van der Waals surface area contributed by atoms with Crippen LogP contribution < -0.4 is 5.32 Å². The summed E-state index contributed by atoms with van der Waals surface area (Å²) in [7, 11) is 3.65. The Morgan fingerprint density at radius 3 is 2.59 bits per heavy atom. The van der Waals surface area contributed by atoms with Crippen molar-refractivity contribution in [2.45, 2.75) is 12.2 Å². The highest BCUT2D eigenvalue weighted by molar-refractivity contribution is 5.33. The molecular weight excluding hydrogens is 293 g/mol. The predicted molar refractivity (Wildman–Crippen MR) is 78.4 cm³/mol. The van der Waals surface area contributed by atoms with E-state index in [1.807, 2.05) is 19.0 Å². The van der Waals surface area contributed by atoms with Crippen molar-refractivity contribution in [1.82, 2.24) is 14.9 Å². The fourth-order valence-electron chi connectivity index (χ4n) is 2.11. The Morgan fingerprint density at radius 1 is 1.23 bits per heavy atom. The lowest BCUT2D eigenvalue weighted by molar-refractivity contribution is -0.137. The van der Waals surface area contributed by atoms with Gasteiger partial charge >= 0.3 is 6.18 Å². The molecule has 4 nitrogen and oxygen atoms in total. The number of hydrogen-bond donors (Lipinski definition) is 1. The fourth-order valence-corrected chi connectivity index (χ4v) is 2.11. The van der Waals surface area contributed by atoms with Gasteiger partial charge in [0.25, 0.3) is 0 Å². The third kappa shape index (κ3) is 4.17. The number of halogens is 3. The summed E-state index contributed by atoms with van der Waals surface area (Å²) in [6.45, 7) is 0.424. The molecule has 0 saturated carbocycles. The van der Waals surface area contributed by atoms with E-state index in [0.717, 1.165) is 6.07 Å². The molecule has 118 valence electrons. The number of hydrogen-bond acceptors (Lipinski definition) is 4. The Labute approximate surface area is 127 Å². The van der Waals surface area contributed by atoms with Crippen LogP contribution in [0.25, 0.3) is 0 Å². The molecule has 0 saturated heterocycles. The Kier molecular flexibility index (Phi) is 4.97. The maximum Gasteiger partial charge on any atom is 0.416 e. The first kappa shape index (κ1) is 16.2. The van der Waals surface area contributed by atoms with Crippen LogP contribution in [-0.2, 0) is 6.18 Å². The molecule has 1 unspecified atom stereocenters. The molecule has 2 rings (SSSR count). The molecule has 0 amide bonds. The second-order valence-electron chi connectivity index (χ2n) is 5.07. The van der Waals surface area contributed by atoms with Gasteiger partial charge in [0.2, 0.25) is 0 Å². The molecule has 0 aliphatic heterocycles. The Bertz CT molecular complexity index is 599. The zero-order chi connectivity index (χ0) is 16.2. The lowest BCUT2D eigenvalue weighted by Crippen LogP contribution is -2.27. The van der Waals surface area contributed by atoms with Gasteiger partial charge in [-0.05, 0) is 31.8 Å². The van der Waals surface area contributed by atoms with Crippen LogP contribution in [0.2, 0.25) is 0 Å². The second kappa shape index (κ2) is 6.74. The van der Waals surface area contributed by atoms with Crippen molar-refractivity contribution in [3.63, 3.8) is 0 Å². The summed E-state index contributed by atoms with van der Waals surface area (Å²) in [5, 5.41) is 3.09. The van der Waals surface area contributed by atoms with Gasteiger partial charge in [-0.2, -0.15) is 13.2 Å². The van der Waals surface area contributed by atoms with E-state index in [0.29, 0.717) is 17.9 Å². The van der Waals surface area contributed by atoms with Gasteiger partial charge in [0, 0.05) is 18.9 Å². The highest BCUT2D eigenvalue weighted by atomic mass is 19.4. The number of aromatic nitrogens is 2. The molecule has 22 heavy (non-hydrogen) atoms. The van der Waals surface area contributed by atoms with Gasteiger partial charge in [-0.15, -0.1) is 0 Å². The van der Waals surface area contributed by atoms with Crippen molar-refractivity contribution < 1.29 is 13.2 Å². The molecule has 1 aromatic carbocycles. The first-order valence-corrected chi connectivity index (χ1v) is 6.71. The molecular formula is C15H17F3N4. The monoisotopic (exact) mass is 310 g/mol. The number of nitrogens with one attached hydrogen (secondary N) is 1. The molecule has 0 aliphatic rings. The van der Waals surface area contributed by atoms with Crippen LogP contribution in [0.5, 0.6) is 0 Å². The van der Waals surface area contributed by atoms with Gasteiger partial charge in [-0.1, -0.05) is 12.1 Å². The van der Waals surface area contributed by atoms with E-state index < -0.39 is 11.7 Å². The maximum absolute atomic E-state index is 12.8. The van der Waals surface area contributed by atoms with E-state index in [-0.39, 0.29) is 6.04 Å². The quantitative estimate of drug-likeness (QED) is 0.921. The third-order valence-electron chi connectivity index (χ3n) is 3.26. The fraction of sp³-hybridized carbons (Fsp3) is 0.333. The van der Waals surface area contributed by atoms with Crippen LogP contribution in [0.15, 0.2) is 42.9 Å². The van der Waals surface area contributed by atoms with E-state index in [1.165, 1.54) is 12.1 Å². The molecule has 0 bridgehead atoms. The Morgan fingerprint density at radius 2 is 2.00 bits per heavy atom. The van der Waals surface area contributed by atoms with Crippen molar-refractivity contribution in [3.8, 4) is 0 Å². The van der Waals surface area contributed by atoms with Crippen LogP contribution in [0, 0.1) is 0 Å². The number of alkyl halides is 3. The summed E-state index contributed by atoms with van der Waals surface area (Å²) >= 11 is 0. The van der Waals surface area contributed by atoms with E-state index in [9.17, 15) is 13.2 Å². The molecule has 7 heteroatoms. The summed E-state index contributed by atoms with van der Waals surface area (Å²) in [4.78, 5) is 9.89. The summed E-state index contributed by atoms with van der Waals surface area (Å²) in [5.41, 5.74) is -0.0485. The lowest BCUT2D eigenvalue weighted by atomic mass is 10.0. The molecule has 0 radical (unpaired) electrons. The van der Waals surface area contributed by atoms with E-state index >= 15 is 0 Å². The van der Waals surface area contributed by atoms with E-state index in [1.54, 1.807) is 24.7 Å². The highest BCUT2D eigenvalue weighted by Crippen LogP contribution is 2.31. The van der Waals surface area contributed by atoms with Crippen LogP contribution >= 0.6 is 0 Å². The number of rotatable bonds is 5. The standard InChI is InChI=1S/C15H17F3N4/c1-22(2)13(9-21-14-10-19-6-7-20-14)11-4-3-5-12(8-11)15(16,17)18/h3-8,10,13H,9H2,1-2H3,(H,20,21). The average molecular weight is 310 g/mol. The minimum atomic E-state index is -4.34. The molecule has 1 aromatic heterocycles. The molecule has 0 spiro atoms. The number of likely N-dealkylation sites (N-methyl/N-ethyl adjacent to an activating group) is 1. The van der Waals surface area contributed by atoms with Crippen LogP contribution in [0.4, 0.5) is 19.0 Å². The highest BCUT2D eigenvalue weighted by Gasteiger charge is 2.31. The SMILES string of the molecule is CN(C)C(CNc1cnccn1)c1cccc(C(F)(F)F)c1. The largest absolute Gasteiger partial charge is 0.416 e. The van der Waals surface area contributed by atoms with Gasteiger partial charge in [-0.25, -0.2) is 4.98 Å². The van der Waals surface area contributed by atoms with Crippen molar-refractivity contribution in [2.75, 3.05) is 26.0 Å². The number of anilines is 1. The summed E-state index contributed by atoms with van der Waals surface area (Å²) in [6, 6.07) is 5.16. The first-order chi connectivity index (χ1) is 10.4. The van der Waals surface area contributed by atoms with Crippen LogP contribution in [0.1, 0.15) is 17.2 Å². The second-order valence-corrected chi connectivity index (χ2v) is 5.07. The minimum Gasteiger partial charge on any atom is -0.367 e. The van der Waals surface area contributed by atoms with Crippen LogP contribution in [0.3, 0.4) is 0 Å². The average Bonchev–Trinajstić information content (AvgIpc) is 2.48. The molecule has 0 fully saturated rings. The lowest BCUT2D eigenvalue weighted by Gasteiger charge is -2.26. The number of nitrogens with zero attached hydrogens (tertiary/aromatic N) is 3. The van der Waals surface area contributed by atoms with Crippen molar-refractivity contribution >= 4 is 5.82 Å². The van der Waals surface area contributed by atoms with Gasteiger partial charge in [-0.3, -0.25) is 4.98 Å². The Hall–Kier alpha value is -2.15. The predicted octanol–water partition coefficient (Wildman–Crippen LogP) is 3.21. The van der Waals surface area contributed by atoms with Gasteiger partial charge in [0.1, 0.15) is 5.82 Å². The molecule has 1 atom stereocenters.